The van der Waals surface area contributed by atoms with Gasteiger partial charge in [-0.15, -0.1) is 0 Å². The maximum atomic E-state index is 13.5. The molecule has 2 N–H and O–H groups in total. The summed E-state index contributed by atoms with van der Waals surface area (Å²) in [5, 5.41) is 10.9. The van der Waals surface area contributed by atoms with Crippen LogP contribution in [0.4, 0.5) is 42.5 Å². The first-order chi connectivity index (χ1) is 20.8. The lowest BCUT2D eigenvalue weighted by molar-refractivity contribution is -0.143. The van der Waals surface area contributed by atoms with Crippen LogP contribution in [0.15, 0.2) is 91.0 Å². The Labute approximate surface area is 249 Å². The summed E-state index contributed by atoms with van der Waals surface area (Å²) >= 11 is 0. The highest BCUT2D eigenvalue weighted by atomic mass is 19.4. The number of carboxylic acids is 1. The van der Waals surface area contributed by atoms with Crippen LogP contribution in [-0.2, 0) is 23.7 Å². The standard InChI is InChI=1S/C33H28F6N2O3/c34-32(35,36)26-18-27(33(37,38)39)20-28(19-26)40-31(44)41(29-16-14-25(15-17-29)24-7-2-1-3-8-24)21-23-12-10-22(11-13-23)6-4-5-9-30(42)43/h4-7,9-20H,1-3,8,21H2,(H,40,44)(H,42,43)/b6-4+,9-5+. The van der Waals surface area contributed by atoms with Crippen LogP contribution in [0.3, 0.4) is 0 Å². The fourth-order valence-electron chi connectivity index (χ4n) is 4.68. The molecule has 0 saturated heterocycles. The first-order valence-electron chi connectivity index (χ1n) is 13.6. The number of rotatable bonds is 8. The van der Waals surface area contributed by atoms with E-state index >= 15 is 0 Å². The average Bonchev–Trinajstić information content (AvgIpc) is 2.98. The van der Waals surface area contributed by atoms with Gasteiger partial charge in [0.05, 0.1) is 17.7 Å². The average molecular weight is 615 g/mol. The Balaban J connectivity index is 1.64. The first kappa shape index (κ1) is 32.1. The largest absolute Gasteiger partial charge is 0.478 e. The Morgan fingerprint density at radius 3 is 2.02 bits per heavy atom. The number of anilines is 2. The molecule has 0 heterocycles. The number of allylic oxidation sites excluding steroid dienone is 4. The highest BCUT2D eigenvalue weighted by Crippen LogP contribution is 2.38. The van der Waals surface area contributed by atoms with E-state index in [4.69, 9.17) is 5.11 Å². The van der Waals surface area contributed by atoms with Gasteiger partial charge in [0.25, 0.3) is 0 Å². The molecule has 3 aromatic rings. The maximum Gasteiger partial charge on any atom is 0.416 e. The third-order valence-electron chi connectivity index (χ3n) is 6.88. The number of amides is 2. The number of aliphatic carboxylic acids is 1. The number of carbonyl (C=O) groups excluding carboxylic acids is 1. The molecule has 0 aromatic heterocycles. The molecule has 0 unspecified atom stereocenters. The summed E-state index contributed by atoms with van der Waals surface area (Å²) in [5.41, 5.74) is 0.140. The number of halogens is 6. The second-order valence-electron chi connectivity index (χ2n) is 10.1. The van der Waals surface area contributed by atoms with Crippen LogP contribution in [-0.4, -0.2) is 17.1 Å². The Morgan fingerprint density at radius 1 is 0.841 bits per heavy atom. The Bertz CT molecular complexity index is 1540. The second-order valence-corrected chi connectivity index (χ2v) is 10.1. The van der Waals surface area contributed by atoms with Gasteiger partial charge in [-0.3, -0.25) is 4.90 Å². The molecule has 230 valence electrons. The van der Waals surface area contributed by atoms with Gasteiger partial charge in [-0.2, -0.15) is 26.3 Å². The molecule has 0 saturated carbocycles. The molecular formula is C33H28F6N2O3. The Hall–Kier alpha value is -4.80. The molecule has 0 aliphatic heterocycles. The summed E-state index contributed by atoms with van der Waals surface area (Å²) < 4.78 is 80.5. The molecule has 0 fully saturated rings. The predicted molar refractivity (Wildman–Crippen MR) is 157 cm³/mol. The second kappa shape index (κ2) is 13.7. The van der Waals surface area contributed by atoms with Crippen molar-refractivity contribution in [2.24, 2.45) is 0 Å². The van der Waals surface area contributed by atoms with Gasteiger partial charge in [0, 0.05) is 17.5 Å². The van der Waals surface area contributed by atoms with Gasteiger partial charge in [-0.1, -0.05) is 60.7 Å². The van der Waals surface area contributed by atoms with E-state index in [0.717, 1.165) is 42.9 Å². The number of carboxylic acid groups (broad SMARTS) is 1. The van der Waals surface area contributed by atoms with Crippen molar-refractivity contribution >= 4 is 35.0 Å². The molecule has 0 radical (unpaired) electrons. The molecule has 0 spiro atoms. The van der Waals surface area contributed by atoms with Crippen molar-refractivity contribution in [2.75, 3.05) is 10.2 Å². The van der Waals surface area contributed by atoms with Crippen molar-refractivity contribution < 1.29 is 41.0 Å². The molecule has 0 atom stereocenters. The maximum absolute atomic E-state index is 13.5. The van der Waals surface area contributed by atoms with Crippen LogP contribution in [0.1, 0.15) is 53.5 Å². The lowest BCUT2D eigenvalue weighted by atomic mass is 9.93. The molecule has 3 aromatic carbocycles. The van der Waals surface area contributed by atoms with E-state index in [9.17, 15) is 35.9 Å². The van der Waals surface area contributed by atoms with E-state index in [-0.39, 0.29) is 12.6 Å². The van der Waals surface area contributed by atoms with Crippen molar-refractivity contribution in [2.45, 2.75) is 44.6 Å². The molecular weight excluding hydrogens is 586 g/mol. The van der Waals surface area contributed by atoms with Crippen LogP contribution < -0.4 is 10.2 Å². The van der Waals surface area contributed by atoms with Crippen molar-refractivity contribution in [1.29, 1.82) is 0 Å². The topological polar surface area (TPSA) is 69.6 Å². The minimum absolute atomic E-state index is 0.000436. The highest BCUT2D eigenvalue weighted by molar-refractivity contribution is 6.02. The number of hydrogen-bond donors (Lipinski definition) is 2. The zero-order valence-corrected chi connectivity index (χ0v) is 23.3. The molecule has 0 bridgehead atoms. The van der Waals surface area contributed by atoms with Crippen molar-refractivity contribution in [1.82, 2.24) is 0 Å². The SMILES string of the molecule is O=C(O)/C=C/C=C/c1ccc(CN(C(=O)Nc2cc(C(F)(F)F)cc(C(F)(F)F)c2)c2ccc(C3=CCCCC3)cc2)cc1. The van der Waals surface area contributed by atoms with E-state index < -0.39 is 41.2 Å². The van der Waals surface area contributed by atoms with Gasteiger partial charge in [-0.25, -0.2) is 9.59 Å². The smallest absolute Gasteiger partial charge is 0.416 e. The molecule has 44 heavy (non-hydrogen) atoms. The summed E-state index contributed by atoms with van der Waals surface area (Å²) in [6.45, 7) is -0.0537. The molecule has 4 rings (SSSR count). The fraction of sp³-hybridized carbons (Fsp3) is 0.212. The summed E-state index contributed by atoms with van der Waals surface area (Å²) in [5.74, 6) is -1.09. The van der Waals surface area contributed by atoms with E-state index in [1.807, 2.05) is 12.1 Å². The van der Waals surface area contributed by atoms with E-state index in [1.54, 1.807) is 42.5 Å². The zero-order valence-electron chi connectivity index (χ0n) is 23.3. The highest BCUT2D eigenvalue weighted by Gasteiger charge is 2.37. The number of urea groups is 1. The third kappa shape index (κ3) is 8.85. The fourth-order valence-corrected chi connectivity index (χ4v) is 4.68. The number of nitrogens with one attached hydrogen (secondary N) is 1. The molecule has 2 amide bonds. The first-order valence-corrected chi connectivity index (χ1v) is 13.6. The number of carbonyl (C=O) groups is 2. The van der Waals surface area contributed by atoms with Crippen LogP contribution in [0.25, 0.3) is 11.6 Å². The minimum Gasteiger partial charge on any atom is -0.478 e. The van der Waals surface area contributed by atoms with E-state index in [2.05, 4.69) is 11.4 Å². The van der Waals surface area contributed by atoms with Gasteiger partial charge < -0.3 is 10.4 Å². The van der Waals surface area contributed by atoms with Crippen molar-refractivity contribution in [3.05, 3.63) is 119 Å². The Kier molecular flexibility index (Phi) is 9.97. The monoisotopic (exact) mass is 614 g/mol. The van der Waals surface area contributed by atoms with Gasteiger partial charge in [0.1, 0.15) is 0 Å². The van der Waals surface area contributed by atoms with Gasteiger partial charge >= 0.3 is 24.4 Å². The van der Waals surface area contributed by atoms with Crippen molar-refractivity contribution in [3.63, 3.8) is 0 Å². The number of alkyl halides is 6. The van der Waals surface area contributed by atoms with Crippen molar-refractivity contribution in [3.8, 4) is 0 Å². The summed E-state index contributed by atoms with van der Waals surface area (Å²) in [6, 6.07) is 13.9. The Morgan fingerprint density at radius 2 is 1.48 bits per heavy atom. The summed E-state index contributed by atoms with van der Waals surface area (Å²) in [4.78, 5) is 25.3. The molecule has 1 aliphatic rings. The normalized spacial score (nSPS) is 14.1. The van der Waals surface area contributed by atoms with Crippen LogP contribution in [0, 0.1) is 0 Å². The number of benzene rings is 3. The van der Waals surface area contributed by atoms with Gasteiger partial charge in [-0.05, 0) is 78.3 Å². The van der Waals surface area contributed by atoms with E-state index in [1.165, 1.54) is 22.6 Å². The lowest BCUT2D eigenvalue weighted by Gasteiger charge is -2.25. The number of nitrogens with zero attached hydrogens (tertiary/aromatic N) is 1. The predicted octanol–water partition coefficient (Wildman–Crippen LogP) is 9.57. The van der Waals surface area contributed by atoms with Crippen LogP contribution >= 0.6 is 0 Å². The van der Waals surface area contributed by atoms with Gasteiger partial charge in [0.2, 0.25) is 0 Å². The lowest BCUT2D eigenvalue weighted by Crippen LogP contribution is -2.34. The van der Waals surface area contributed by atoms with Crippen LogP contribution in [0.5, 0.6) is 0 Å². The van der Waals surface area contributed by atoms with E-state index in [0.29, 0.717) is 23.4 Å². The molecule has 1 aliphatic carbocycles. The number of hydrogen-bond acceptors (Lipinski definition) is 2. The van der Waals surface area contributed by atoms with Crippen LogP contribution in [0.2, 0.25) is 0 Å². The summed E-state index contributed by atoms with van der Waals surface area (Å²) in [7, 11) is 0. The third-order valence-corrected chi connectivity index (χ3v) is 6.88. The van der Waals surface area contributed by atoms with Gasteiger partial charge in [0.15, 0.2) is 0 Å². The molecule has 5 nitrogen and oxygen atoms in total. The molecule has 11 heteroatoms. The zero-order chi connectivity index (χ0) is 31.9. The minimum atomic E-state index is -5.07. The summed E-state index contributed by atoms with van der Waals surface area (Å²) in [6.07, 6.45) is 1.59. The quantitative estimate of drug-likeness (QED) is 0.151.